The number of piperidine rings is 1. The standard InChI is InChI=1S/C18H29N5/c1-2-3-7-15-22-16-14(12-21-17(16)18(19)23-15)6-4-5-13-8-10-20-11-9-13/h12-13,20-21H,2-11H2,1H3,(H2,19,22,23). The second kappa shape index (κ2) is 7.77. The van der Waals surface area contributed by atoms with Gasteiger partial charge >= 0.3 is 0 Å². The van der Waals surface area contributed by atoms with Crippen LogP contribution in [-0.2, 0) is 12.8 Å². The minimum absolute atomic E-state index is 0.589. The first kappa shape index (κ1) is 16.2. The number of nitrogens with one attached hydrogen (secondary N) is 2. The topological polar surface area (TPSA) is 79.6 Å². The molecule has 1 aliphatic rings. The lowest BCUT2D eigenvalue weighted by atomic mass is 9.92. The highest BCUT2D eigenvalue weighted by molar-refractivity contribution is 5.87. The smallest absolute Gasteiger partial charge is 0.151 e. The summed E-state index contributed by atoms with van der Waals surface area (Å²) in [6, 6.07) is 0. The molecule has 126 valence electrons. The zero-order valence-corrected chi connectivity index (χ0v) is 14.2. The summed E-state index contributed by atoms with van der Waals surface area (Å²) in [4.78, 5) is 12.5. The molecule has 0 spiro atoms. The number of nitrogens with zero attached hydrogens (tertiary/aromatic N) is 2. The number of aromatic amines is 1. The Kier molecular flexibility index (Phi) is 5.49. The summed E-state index contributed by atoms with van der Waals surface area (Å²) in [5, 5.41) is 3.44. The van der Waals surface area contributed by atoms with E-state index in [2.05, 4.69) is 28.4 Å². The molecular formula is C18H29N5. The molecule has 1 saturated heterocycles. The summed E-state index contributed by atoms with van der Waals surface area (Å²) in [5.41, 5.74) is 9.33. The average molecular weight is 315 g/mol. The number of nitrogen functional groups attached to an aromatic ring is 1. The number of nitrogens with two attached hydrogens (primary N) is 1. The highest BCUT2D eigenvalue weighted by atomic mass is 15.0. The van der Waals surface area contributed by atoms with Crippen LogP contribution < -0.4 is 11.1 Å². The second-order valence-corrected chi connectivity index (χ2v) is 6.75. The molecule has 1 aliphatic heterocycles. The third-order valence-electron chi connectivity index (χ3n) is 4.95. The number of anilines is 1. The van der Waals surface area contributed by atoms with Gasteiger partial charge in [0.1, 0.15) is 11.3 Å². The fourth-order valence-electron chi connectivity index (χ4n) is 3.52. The van der Waals surface area contributed by atoms with Gasteiger partial charge in [0, 0.05) is 12.6 Å². The van der Waals surface area contributed by atoms with Crippen molar-refractivity contribution < 1.29 is 0 Å². The van der Waals surface area contributed by atoms with E-state index in [0.717, 1.165) is 48.5 Å². The van der Waals surface area contributed by atoms with Crippen molar-refractivity contribution >= 4 is 16.9 Å². The molecule has 3 heterocycles. The van der Waals surface area contributed by atoms with Crippen LogP contribution in [0.3, 0.4) is 0 Å². The average Bonchev–Trinajstić information content (AvgIpc) is 2.98. The predicted octanol–water partition coefficient (Wildman–Crippen LogP) is 3.21. The number of aryl methyl sites for hydroxylation is 2. The quantitative estimate of drug-likeness (QED) is 0.733. The Morgan fingerprint density at radius 1 is 1.17 bits per heavy atom. The molecule has 1 fully saturated rings. The van der Waals surface area contributed by atoms with Crippen LogP contribution in [0, 0.1) is 5.92 Å². The third kappa shape index (κ3) is 4.02. The molecule has 0 radical (unpaired) electrons. The Hall–Kier alpha value is -1.62. The summed E-state index contributed by atoms with van der Waals surface area (Å²) in [6.07, 6.45) is 11.5. The molecule has 2 aromatic rings. The van der Waals surface area contributed by atoms with Gasteiger partial charge in [-0.25, -0.2) is 9.97 Å². The van der Waals surface area contributed by atoms with Crippen molar-refractivity contribution in [3.8, 4) is 0 Å². The monoisotopic (exact) mass is 315 g/mol. The summed E-state index contributed by atoms with van der Waals surface area (Å²) in [7, 11) is 0. The van der Waals surface area contributed by atoms with Crippen molar-refractivity contribution in [3.05, 3.63) is 17.6 Å². The molecule has 0 aliphatic carbocycles. The van der Waals surface area contributed by atoms with E-state index in [-0.39, 0.29) is 0 Å². The number of aromatic nitrogens is 3. The maximum Gasteiger partial charge on any atom is 0.151 e. The van der Waals surface area contributed by atoms with Gasteiger partial charge in [0.05, 0.1) is 5.52 Å². The van der Waals surface area contributed by atoms with Crippen LogP contribution in [0.15, 0.2) is 6.20 Å². The number of H-pyrrole nitrogens is 1. The third-order valence-corrected chi connectivity index (χ3v) is 4.95. The van der Waals surface area contributed by atoms with Gasteiger partial charge in [-0.1, -0.05) is 19.8 Å². The largest absolute Gasteiger partial charge is 0.382 e. The molecule has 3 rings (SSSR count). The summed E-state index contributed by atoms with van der Waals surface area (Å²) < 4.78 is 0. The minimum atomic E-state index is 0.589. The zero-order valence-electron chi connectivity index (χ0n) is 14.2. The Labute approximate surface area is 138 Å². The SMILES string of the molecule is CCCCc1nc(N)c2[nH]cc(CCCC3CCNCC3)c2n1. The van der Waals surface area contributed by atoms with E-state index < -0.39 is 0 Å². The lowest BCUT2D eigenvalue weighted by molar-refractivity contribution is 0.347. The Morgan fingerprint density at radius 3 is 2.78 bits per heavy atom. The van der Waals surface area contributed by atoms with E-state index in [1.165, 1.54) is 44.3 Å². The summed E-state index contributed by atoms with van der Waals surface area (Å²) >= 11 is 0. The van der Waals surface area contributed by atoms with Crippen LogP contribution in [0.25, 0.3) is 11.0 Å². The predicted molar refractivity (Wildman–Crippen MR) is 95.4 cm³/mol. The first-order valence-electron chi connectivity index (χ1n) is 9.11. The van der Waals surface area contributed by atoms with E-state index in [9.17, 15) is 0 Å². The van der Waals surface area contributed by atoms with E-state index in [0.29, 0.717) is 5.82 Å². The molecule has 5 nitrogen and oxygen atoms in total. The van der Waals surface area contributed by atoms with Gasteiger partial charge in [-0.2, -0.15) is 0 Å². The van der Waals surface area contributed by atoms with Crippen molar-refractivity contribution in [3.63, 3.8) is 0 Å². The Balaban J connectivity index is 1.66. The van der Waals surface area contributed by atoms with Crippen molar-refractivity contribution in [1.82, 2.24) is 20.3 Å². The summed E-state index contributed by atoms with van der Waals surface area (Å²) in [5.74, 6) is 2.36. The minimum Gasteiger partial charge on any atom is -0.382 e. The van der Waals surface area contributed by atoms with Crippen LogP contribution in [0.2, 0.25) is 0 Å². The van der Waals surface area contributed by atoms with Gasteiger partial charge in [0.2, 0.25) is 0 Å². The number of fused-ring (bicyclic) bond motifs is 1. The first-order chi connectivity index (χ1) is 11.3. The molecule has 0 bridgehead atoms. The van der Waals surface area contributed by atoms with Crippen LogP contribution in [0.5, 0.6) is 0 Å². The van der Waals surface area contributed by atoms with Crippen molar-refractivity contribution in [2.75, 3.05) is 18.8 Å². The van der Waals surface area contributed by atoms with Crippen LogP contribution >= 0.6 is 0 Å². The van der Waals surface area contributed by atoms with Gasteiger partial charge in [-0.3, -0.25) is 0 Å². The van der Waals surface area contributed by atoms with E-state index >= 15 is 0 Å². The molecule has 0 atom stereocenters. The van der Waals surface area contributed by atoms with Crippen molar-refractivity contribution in [2.24, 2.45) is 5.92 Å². The molecule has 0 unspecified atom stereocenters. The molecule has 5 heteroatoms. The fourth-order valence-corrected chi connectivity index (χ4v) is 3.52. The Bertz CT molecular complexity index is 628. The molecule has 23 heavy (non-hydrogen) atoms. The van der Waals surface area contributed by atoms with Crippen LogP contribution in [0.1, 0.15) is 56.8 Å². The van der Waals surface area contributed by atoms with Crippen molar-refractivity contribution in [2.45, 2.75) is 58.3 Å². The van der Waals surface area contributed by atoms with E-state index in [1.54, 1.807) is 0 Å². The second-order valence-electron chi connectivity index (χ2n) is 6.75. The maximum atomic E-state index is 6.10. The van der Waals surface area contributed by atoms with Gasteiger partial charge in [0.15, 0.2) is 5.82 Å². The zero-order chi connectivity index (χ0) is 16.1. The maximum absolute atomic E-state index is 6.10. The lowest BCUT2D eigenvalue weighted by Crippen LogP contribution is -2.27. The highest BCUT2D eigenvalue weighted by Crippen LogP contribution is 2.24. The van der Waals surface area contributed by atoms with Crippen LogP contribution in [-0.4, -0.2) is 28.0 Å². The van der Waals surface area contributed by atoms with Gasteiger partial charge < -0.3 is 16.0 Å². The molecule has 4 N–H and O–H groups in total. The highest BCUT2D eigenvalue weighted by Gasteiger charge is 2.14. The van der Waals surface area contributed by atoms with E-state index in [4.69, 9.17) is 10.7 Å². The molecular weight excluding hydrogens is 286 g/mol. The normalized spacial score (nSPS) is 16.2. The molecule has 0 saturated carbocycles. The molecule has 0 amide bonds. The van der Waals surface area contributed by atoms with Gasteiger partial charge in [-0.15, -0.1) is 0 Å². The lowest BCUT2D eigenvalue weighted by Gasteiger charge is -2.22. The number of rotatable bonds is 7. The molecule has 2 aromatic heterocycles. The Morgan fingerprint density at radius 2 is 2.00 bits per heavy atom. The number of unbranched alkanes of at least 4 members (excludes halogenated alkanes) is 1. The summed E-state index contributed by atoms with van der Waals surface area (Å²) in [6.45, 7) is 4.55. The fraction of sp³-hybridized carbons (Fsp3) is 0.667. The van der Waals surface area contributed by atoms with Gasteiger partial charge in [0.25, 0.3) is 0 Å². The number of hydrogen-bond acceptors (Lipinski definition) is 4. The van der Waals surface area contributed by atoms with E-state index in [1.807, 2.05) is 0 Å². The van der Waals surface area contributed by atoms with Crippen LogP contribution in [0.4, 0.5) is 5.82 Å². The number of hydrogen-bond donors (Lipinski definition) is 3. The first-order valence-corrected chi connectivity index (χ1v) is 9.11. The van der Waals surface area contributed by atoms with Gasteiger partial charge in [-0.05, 0) is 56.7 Å². The molecule has 0 aromatic carbocycles. The van der Waals surface area contributed by atoms with Crippen molar-refractivity contribution in [1.29, 1.82) is 0 Å².